The van der Waals surface area contributed by atoms with Crippen LogP contribution in [0.5, 0.6) is 0 Å². The van der Waals surface area contributed by atoms with E-state index in [9.17, 15) is 10.2 Å². The summed E-state index contributed by atoms with van der Waals surface area (Å²) in [7, 11) is 0. The van der Waals surface area contributed by atoms with Gasteiger partial charge in [-0.15, -0.1) is 0 Å². The normalized spacial score (nSPS) is 42.4. The Kier molecular flexibility index (Phi) is 3.21. The molecule has 0 aromatic heterocycles. The second-order valence-electron chi connectivity index (χ2n) is 2.64. The van der Waals surface area contributed by atoms with Gasteiger partial charge >= 0.3 is 81.2 Å². The Balaban J connectivity index is 2.88. The van der Waals surface area contributed by atoms with Crippen LogP contribution in [0.25, 0.3) is 0 Å². The fourth-order valence-electron chi connectivity index (χ4n) is 0.898. The van der Waals surface area contributed by atoms with Gasteiger partial charge < -0.3 is 0 Å². The summed E-state index contributed by atoms with van der Waals surface area (Å²) in [5.74, 6) is -2.32. The molecule has 1 saturated heterocycles. The molecular weight excluding hydrogens is 224 g/mol. The molecular formula is C6H9FeO6. The van der Waals surface area contributed by atoms with E-state index < -0.39 is 30.7 Å². The van der Waals surface area contributed by atoms with Gasteiger partial charge in [0.25, 0.3) is 0 Å². The van der Waals surface area contributed by atoms with Crippen LogP contribution in [0.2, 0.25) is 0 Å². The third-order valence-corrected chi connectivity index (χ3v) is 2.12. The van der Waals surface area contributed by atoms with Crippen molar-refractivity contribution in [3.63, 3.8) is 0 Å². The number of hydrogen-bond donors (Lipinski definition) is 5. The molecule has 1 aliphatic heterocycles. The second-order valence-corrected chi connectivity index (χ2v) is 3.14. The molecule has 7 heteroatoms. The first kappa shape index (κ1) is 11.2. The Morgan fingerprint density at radius 2 is 2.08 bits per heavy atom. The Morgan fingerprint density at radius 1 is 1.54 bits per heavy atom. The molecule has 0 amide bonds. The number of aliphatic hydroxyl groups is 5. The van der Waals surface area contributed by atoms with Gasteiger partial charge in [0.2, 0.25) is 0 Å². The van der Waals surface area contributed by atoms with Gasteiger partial charge in [0.05, 0.1) is 0 Å². The Morgan fingerprint density at radius 3 is 2.54 bits per heavy atom. The zero-order chi connectivity index (χ0) is 10.2. The predicted molar refractivity (Wildman–Crippen MR) is 35.3 cm³/mol. The molecule has 13 heavy (non-hydrogen) atoms. The summed E-state index contributed by atoms with van der Waals surface area (Å²) in [5, 5.41) is 45.4. The zero-order valence-electron chi connectivity index (χ0n) is 6.36. The van der Waals surface area contributed by atoms with Gasteiger partial charge in [0, 0.05) is 0 Å². The van der Waals surface area contributed by atoms with Crippen LogP contribution in [0.15, 0.2) is 0 Å². The third-order valence-electron chi connectivity index (χ3n) is 1.73. The summed E-state index contributed by atoms with van der Waals surface area (Å²) in [6, 6.07) is 0. The monoisotopic (exact) mass is 233 g/mol. The maximum absolute atomic E-state index is 9.34. The zero-order valence-corrected chi connectivity index (χ0v) is 7.46. The van der Waals surface area contributed by atoms with Crippen LogP contribution in [0.4, 0.5) is 0 Å². The minimum atomic E-state index is -2.32. The van der Waals surface area contributed by atoms with Crippen molar-refractivity contribution in [2.24, 2.45) is 0 Å². The topological polar surface area (TPSA) is 110 Å². The molecule has 0 radical (unpaired) electrons. The van der Waals surface area contributed by atoms with Crippen LogP contribution in [-0.2, 0) is 20.3 Å². The summed E-state index contributed by atoms with van der Waals surface area (Å²) < 4.78 is 4.15. The van der Waals surface area contributed by atoms with Gasteiger partial charge in [-0.1, -0.05) is 0 Å². The van der Waals surface area contributed by atoms with E-state index in [1.807, 2.05) is 0 Å². The Bertz CT molecular complexity index is 221. The molecule has 6 nitrogen and oxygen atoms in total. The Labute approximate surface area is 81.7 Å². The van der Waals surface area contributed by atoms with E-state index in [1.165, 1.54) is 0 Å². The summed E-state index contributed by atoms with van der Waals surface area (Å²) in [4.78, 5) is 0. The van der Waals surface area contributed by atoms with Crippen molar-refractivity contribution in [2.75, 3.05) is 6.61 Å². The molecule has 0 bridgehead atoms. The average molecular weight is 233 g/mol. The fraction of sp³-hybridized carbons (Fsp3) is 0.667. The van der Waals surface area contributed by atoms with E-state index in [0.717, 1.165) is 0 Å². The first-order chi connectivity index (χ1) is 5.92. The van der Waals surface area contributed by atoms with Gasteiger partial charge in [-0.2, -0.15) is 0 Å². The molecule has 77 valence electrons. The molecule has 5 N–H and O–H groups in total. The van der Waals surface area contributed by atoms with E-state index in [-0.39, 0.29) is 4.60 Å². The molecule has 1 heterocycles. The van der Waals surface area contributed by atoms with Crippen LogP contribution in [0.3, 0.4) is 0 Å². The number of ether oxygens (including phenoxy) is 1. The average Bonchev–Trinajstić information content (AvgIpc) is 2.12. The van der Waals surface area contributed by atoms with Crippen molar-refractivity contribution in [1.29, 1.82) is 0 Å². The molecule has 0 saturated carbocycles. The van der Waals surface area contributed by atoms with Crippen molar-refractivity contribution in [3.8, 4) is 0 Å². The quantitative estimate of drug-likeness (QED) is 0.244. The van der Waals surface area contributed by atoms with Crippen molar-refractivity contribution in [1.82, 2.24) is 0 Å². The molecule has 0 aliphatic carbocycles. The molecule has 0 aromatic carbocycles. The number of aliphatic hydroxyl groups excluding tert-OH is 4. The maximum atomic E-state index is 9.34. The SMILES string of the molecule is OC[C@]1(O)O[C](=[Fe+])[C-](O)[C@@H](O)[C@@H]1O. The molecule has 0 aromatic rings. The third kappa shape index (κ3) is 1.83. The van der Waals surface area contributed by atoms with Crippen molar-refractivity contribution in [2.45, 2.75) is 18.0 Å². The minimum absolute atomic E-state index is 0.380. The van der Waals surface area contributed by atoms with Gasteiger partial charge in [-0.3, -0.25) is 0 Å². The molecule has 3 atom stereocenters. The van der Waals surface area contributed by atoms with Crippen LogP contribution < -0.4 is 0 Å². The van der Waals surface area contributed by atoms with E-state index in [2.05, 4.69) is 20.3 Å². The number of rotatable bonds is 1. The number of hydrogen-bond acceptors (Lipinski definition) is 6. The van der Waals surface area contributed by atoms with Gasteiger partial charge in [-0.25, -0.2) is 0 Å². The molecule has 0 spiro atoms. The second kappa shape index (κ2) is 3.72. The summed E-state index contributed by atoms with van der Waals surface area (Å²) in [6.07, 6.45) is -4.19. The van der Waals surface area contributed by atoms with Gasteiger partial charge in [-0.05, 0) is 0 Å². The van der Waals surface area contributed by atoms with E-state index in [4.69, 9.17) is 15.3 Å². The molecule has 1 rings (SSSR count). The van der Waals surface area contributed by atoms with E-state index >= 15 is 0 Å². The van der Waals surface area contributed by atoms with E-state index in [0.29, 0.717) is 0 Å². The van der Waals surface area contributed by atoms with Crippen molar-refractivity contribution >= 4 is 4.60 Å². The summed E-state index contributed by atoms with van der Waals surface area (Å²) in [5.41, 5.74) is 0. The van der Waals surface area contributed by atoms with Gasteiger partial charge in [0.15, 0.2) is 0 Å². The van der Waals surface area contributed by atoms with Gasteiger partial charge in [0.1, 0.15) is 0 Å². The van der Waals surface area contributed by atoms with Crippen LogP contribution in [0, 0.1) is 6.10 Å². The van der Waals surface area contributed by atoms with E-state index in [1.54, 1.807) is 0 Å². The van der Waals surface area contributed by atoms with Crippen LogP contribution >= 0.6 is 0 Å². The summed E-state index contributed by atoms with van der Waals surface area (Å²) in [6.45, 7) is -0.919. The van der Waals surface area contributed by atoms with Crippen LogP contribution in [-0.4, -0.2) is 54.7 Å². The predicted octanol–water partition coefficient (Wildman–Crippen LogP) is -3.00. The molecule has 1 aliphatic rings. The first-order valence-electron chi connectivity index (χ1n) is 3.38. The first-order valence-corrected chi connectivity index (χ1v) is 3.93. The molecule has 0 unspecified atom stereocenters. The van der Waals surface area contributed by atoms with Crippen LogP contribution in [0.1, 0.15) is 0 Å². The summed E-state index contributed by atoms with van der Waals surface area (Å²) >= 11 is 3.17. The van der Waals surface area contributed by atoms with Crippen molar-refractivity contribution < 1.29 is 45.8 Å². The Hall–Kier alpha value is 0.149. The standard InChI is InChI=1S/C6H9O6.Fe/c7-2-6(11)5(10)4(9)3(8)1-12-6;/h4-5,7-11H,2H2;/q-1;+1/t4-,5+,6+;/m1./s1. The molecule has 1 fully saturated rings. The fourth-order valence-corrected chi connectivity index (χ4v) is 1.26. The van der Waals surface area contributed by atoms with Crippen molar-refractivity contribution in [3.05, 3.63) is 6.10 Å².